The van der Waals surface area contributed by atoms with Crippen LogP contribution in [0.25, 0.3) is 17.1 Å². The number of aromatic nitrogens is 4. The normalized spacial score (nSPS) is 11.6. The van der Waals surface area contributed by atoms with Crippen molar-refractivity contribution in [2.75, 3.05) is 0 Å². The molecule has 0 unspecified atom stereocenters. The van der Waals surface area contributed by atoms with Gasteiger partial charge in [-0.05, 0) is 50.6 Å². The number of pyridine rings is 2. The van der Waals surface area contributed by atoms with E-state index in [4.69, 9.17) is 4.74 Å². The number of benzene rings is 1. The SMILES string of the molecule is Cc1cnc(-c2ccnc(C(C)(C)C)n2)cc1-n1c(C)cc(OCc2ccc(F)cc2F)c(C)c1=O. The lowest BCUT2D eigenvalue weighted by Crippen LogP contribution is -2.24. The minimum Gasteiger partial charge on any atom is -0.488 e. The van der Waals surface area contributed by atoms with Gasteiger partial charge in [0.1, 0.15) is 29.8 Å². The third-order valence-electron chi connectivity index (χ3n) is 5.89. The summed E-state index contributed by atoms with van der Waals surface area (Å²) in [5.41, 5.74) is 3.51. The predicted molar refractivity (Wildman–Crippen MR) is 134 cm³/mol. The number of rotatable bonds is 5. The van der Waals surface area contributed by atoms with Gasteiger partial charge in [-0.3, -0.25) is 14.3 Å². The molecule has 0 saturated carbocycles. The summed E-state index contributed by atoms with van der Waals surface area (Å²) in [6.07, 6.45) is 3.42. The average Bonchev–Trinajstić information content (AvgIpc) is 2.82. The summed E-state index contributed by atoms with van der Waals surface area (Å²) in [6.45, 7) is 11.3. The number of ether oxygens (including phenoxy) is 1. The average molecular weight is 491 g/mol. The van der Waals surface area contributed by atoms with Gasteiger partial charge in [0.05, 0.1) is 22.6 Å². The van der Waals surface area contributed by atoms with E-state index in [0.717, 1.165) is 11.6 Å². The summed E-state index contributed by atoms with van der Waals surface area (Å²) in [4.78, 5) is 27.0. The molecule has 4 rings (SSSR count). The zero-order chi connectivity index (χ0) is 26.2. The van der Waals surface area contributed by atoms with E-state index in [1.165, 1.54) is 12.1 Å². The molecule has 1 aromatic carbocycles. The van der Waals surface area contributed by atoms with Crippen LogP contribution in [0.2, 0.25) is 0 Å². The minimum absolute atomic E-state index is 0.127. The molecule has 0 aliphatic carbocycles. The molecule has 36 heavy (non-hydrogen) atoms. The van der Waals surface area contributed by atoms with Crippen molar-refractivity contribution in [2.24, 2.45) is 0 Å². The van der Waals surface area contributed by atoms with Gasteiger partial charge >= 0.3 is 0 Å². The van der Waals surface area contributed by atoms with Crippen LogP contribution in [0, 0.1) is 32.4 Å². The van der Waals surface area contributed by atoms with Crippen LogP contribution >= 0.6 is 0 Å². The second-order valence-corrected chi connectivity index (χ2v) is 9.81. The molecule has 0 bridgehead atoms. The number of hydrogen-bond acceptors (Lipinski definition) is 5. The first kappa shape index (κ1) is 25.2. The molecule has 186 valence electrons. The van der Waals surface area contributed by atoms with E-state index in [9.17, 15) is 13.6 Å². The van der Waals surface area contributed by atoms with Gasteiger partial charge in [0.2, 0.25) is 0 Å². The van der Waals surface area contributed by atoms with E-state index in [1.807, 2.05) is 33.8 Å². The van der Waals surface area contributed by atoms with Crippen LogP contribution in [-0.4, -0.2) is 19.5 Å². The maximum absolute atomic E-state index is 14.0. The summed E-state index contributed by atoms with van der Waals surface area (Å²) in [5, 5.41) is 0. The molecule has 0 radical (unpaired) electrons. The van der Waals surface area contributed by atoms with Crippen molar-refractivity contribution in [1.82, 2.24) is 19.5 Å². The van der Waals surface area contributed by atoms with Crippen LogP contribution in [0.5, 0.6) is 5.75 Å². The Morgan fingerprint density at radius 2 is 1.72 bits per heavy atom. The van der Waals surface area contributed by atoms with Crippen molar-refractivity contribution < 1.29 is 13.5 Å². The van der Waals surface area contributed by atoms with Gasteiger partial charge in [-0.2, -0.15) is 0 Å². The largest absolute Gasteiger partial charge is 0.488 e. The molecule has 0 N–H and O–H groups in total. The first-order chi connectivity index (χ1) is 17.0. The summed E-state index contributed by atoms with van der Waals surface area (Å²) >= 11 is 0. The Labute approximate surface area is 208 Å². The molecule has 0 aliphatic rings. The van der Waals surface area contributed by atoms with Crippen LogP contribution < -0.4 is 10.3 Å². The van der Waals surface area contributed by atoms with Crippen molar-refractivity contribution in [3.05, 3.63) is 99.0 Å². The maximum Gasteiger partial charge on any atom is 0.261 e. The first-order valence-electron chi connectivity index (χ1n) is 11.6. The Hall–Kier alpha value is -3.94. The van der Waals surface area contributed by atoms with Crippen molar-refractivity contribution in [1.29, 1.82) is 0 Å². The molecular weight excluding hydrogens is 462 g/mol. The van der Waals surface area contributed by atoms with Gasteiger partial charge in [-0.25, -0.2) is 18.7 Å². The van der Waals surface area contributed by atoms with Crippen molar-refractivity contribution in [3.8, 4) is 22.8 Å². The Balaban J connectivity index is 1.72. The topological polar surface area (TPSA) is 69.9 Å². The molecule has 6 nitrogen and oxygen atoms in total. The van der Waals surface area contributed by atoms with Gasteiger partial charge < -0.3 is 4.74 Å². The second-order valence-electron chi connectivity index (χ2n) is 9.81. The molecule has 4 aromatic rings. The molecule has 0 spiro atoms. The minimum atomic E-state index is -0.697. The number of hydrogen-bond donors (Lipinski definition) is 0. The van der Waals surface area contributed by atoms with Gasteiger partial charge in [-0.15, -0.1) is 0 Å². The number of halogens is 2. The van der Waals surface area contributed by atoms with E-state index in [2.05, 4.69) is 15.0 Å². The quantitative estimate of drug-likeness (QED) is 0.355. The Kier molecular flexibility index (Phi) is 6.71. The third-order valence-corrected chi connectivity index (χ3v) is 5.89. The molecule has 0 amide bonds. The molecule has 3 aromatic heterocycles. The standard InChI is InChI=1S/C28H28F2N4O2/c1-16-14-32-23(22-9-10-31-27(33-22)28(4,5)6)13-24(16)34-17(2)11-25(18(3)26(34)35)36-15-19-7-8-20(29)12-21(19)30/h7-14H,15H2,1-6H3. The second kappa shape index (κ2) is 9.60. The highest BCUT2D eigenvalue weighted by molar-refractivity contribution is 5.59. The zero-order valence-electron chi connectivity index (χ0n) is 21.2. The Bertz CT molecular complexity index is 1510. The van der Waals surface area contributed by atoms with Crippen LogP contribution in [-0.2, 0) is 12.0 Å². The Morgan fingerprint density at radius 3 is 2.42 bits per heavy atom. The summed E-state index contributed by atoms with van der Waals surface area (Å²) < 4.78 is 34.6. The summed E-state index contributed by atoms with van der Waals surface area (Å²) in [5.74, 6) is -0.311. The molecule has 0 aliphatic heterocycles. The molecule has 0 atom stereocenters. The van der Waals surface area contributed by atoms with Crippen LogP contribution in [0.4, 0.5) is 8.78 Å². The monoisotopic (exact) mass is 490 g/mol. The van der Waals surface area contributed by atoms with Gasteiger partial charge in [0, 0.05) is 41.2 Å². The highest BCUT2D eigenvalue weighted by atomic mass is 19.1. The fourth-order valence-corrected chi connectivity index (χ4v) is 3.80. The van der Waals surface area contributed by atoms with Crippen molar-refractivity contribution in [2.45, 2.75) is 53.6 Å². The molecular formula is C28H28F2N4O2. The summed E-state index contributed by atoms with van der Waals surface area (Å²) in [7, 11) is 0. The lowest BCUT2D eigenvalue weighted by atomic mass is 9.95. The lowest BCUT2D eigenvalue weighted by Gasteiger charge is -2.18. The van der Waals surface area contributed by atoms with Gasteiger partial charge in [0.15, 0.2) is 0 Å². The fraction of sp³-hybridized carbons (Fsp3) is 0.286. The van der Waals surface area contributed by atoms with Crippen LogP contribution in [0.3, 0.4) is 0 Å². The molecule has 8 heteroatoms. The first-order valence-corrected chi connectivity index (χ1v) is 11.6. The zero-order valence-corrected chi connectivity index (χ0v) is 21.2. The van der Waals surface area contributed by atoms with Crippen LogP contribution in [0.15, 0.2) is 53.6 Å². The smallest absolute Gasteiger partial charge is 0.261 e. The van der Waals surface area contributed by atoms with E-state index in [0.29, 0.717) is 39.9 Å². The molecule has 3 heterocycles. The van der Waals surface area contributed by atoms with Crippen molar-refractivity contribution >= 4 is 0 Å². The molecule has 0 saturated heterocycles. The van der Waals surface area contributed by atoms with E-state index >= 15 is 0 Å². The predicted octanol–water partition coefficient (Wildman–Crippen LogP) is 5.77. The van der Waals surface area contributed by atoms with Crippen molar-refractivity contribution in [3.63, 3.8) is 0 Å². The molecule has 0 fully saturated rings. The maximum atomic E-state index is 14.0. The van der Waals surface area contributed by atoms with Gasteiger partial charge in [0.25, 0.3) is 5.56 Å². The Morgan fingerprint density at radius 1 is 0.972 bits per heavy atom. The lowest BCUT2D eigenvalue weighted by molar-refractivity contribution is 0.296. The number of aryl methyl sites for hydroxylation is 2. The highest BCUT2D eigenvalue weighted by Crippen LogP contribution is 2.26. The fourth-order valence-electron chi connectivity index (χ4n) is 3.80. The van der Waals surface area contributed by atoms with Gasteiger partial charge in [-0.1, -0.05) is 20.8 Å². The van der Waals surface area contributed by atoms with E-state index in [1.54, 1.807) is 42.9 Å². The summed E-state index contributed by atoms with van der Waals surface area (Å²) in [6, 6.07) is 8.67. The third kappa shape index (κ3) is 5.03. The van der Waals surface area contributed by atoms with E-state index in [-0.39, 0.29) is 23.1 Å². The van der Waals surface area contributed by atoms with Crippen LogP contribution in [0.1, 0.15) is 49.0 Å². The van der Waals surface area contributed by atoms with E-state index < -0.39 is 11.6 Å². The highest BCUT2D eigenvalue weighted by Gasteiger charge is 2.19. The number of nitrogens with zero attached hydrogens (tertiary/aromatic N) is 4.